The zero-order valence-electron chi connectivity index (χ0n) is 30.3. The van der Waals surface area contributed by atoms with Gasteiger partial charge in [0.25, 0.3) is 5.60 Å². The molecule has 5 N–H and O–H groups in total. The van der Waals surface area contributed by atoms with Crippen molar-refractivity contribution in [3.63, 3.8) is 0 Å². The van der Waals surface area contributed by atoms with E-state index in [1.54, 1.807) is 0 Å². The lowest BCUT2D eigenvalue weighted by Gasteiger charge is -2.42. The van der Waals surface area contributed by atoms with Crippen LogP contribution in [0, 0.1) is 41.4 Å². The van der Waals surface area contributed by atoms with Crippen molar-refractivity contribution in [1.29, 1.82) is 0 Å². The first-order chi connectivity index (χ1) is 23.5. The van der Waals surface area contributed by atoms with Crippen molar-refractivity contribution in [2.45, 2.75) is 128 Å². The standard InChI is InChI=1S/C40H61N3O6/c1-5-42-33-20-28-10-7-6-9-27(28)19-30(33)23-48-38(47)40-37(46)35-29(17-24(2)3)11-8-12-32(35)36(45)39(40,49-40)21-31(22-44)25(4)13-14-26-15-16-43-34(41)18-26/h7,10,20,24,26-27,29-30,32-35,42-44H,5-6,8-9,11-19,21-23,41H2,1-4H3. The number of ketones is 2. The van der Waals surface area contributed by atoms with E-state index in [0.717, 1.165) is 82.9 Å². The summed E-state index contributed by atoms with van der Waals surface area (Å²) in [5.74, 6) is -0.772. The van der Waals surface area contributed by atoms with E-state index in [1.165, 1.54) is 5.57 Å². The van der Waals surface area contributed by atoms with Gasteiger partial charge < -0.3 is 30.9 Å². The molecule has 6 aliphatic rings. The number of epoxide rings is 1. The van der Waals surface area contributed by atoms with Crippen molar-refractivity contribution in [3.05, 3.63) is 34.9 Å². The van der Waals surface area contributed by atoms with Crippen molar-refractivity contribution in [2.75, 3.05) is 26.3 Å². The summed E-state index contributed by atoms with van der Waals surface area (Å²) in [5.41, 5.74) is 5.60. The van der Waals surface area contributed by atoms with E-state index in [1.807, 2.05) is 6.92 Å². The first-order valence-corrected chi connectivity index (χ1v) is 19.4. The van der Waals surface area contributed by atoms with Gasteiger partial charge in [-0.2, -0.15) is 0 Å². The second-order valence-corrected chi connectivity index (χ2v) is 16.5. The number of hydrogen-bond acceptors (Lipinski definition) is 9. The number of aliphatic hydroxyl groups excluding tert-OH is 1. The predicted octanol–water partition coefficient (Wildman–Crippen LogP) is 4.92. The molecule has 2 heterocycles. The number of rotatable bonds is 13. The normalized spacial score (nSPS) is 39.0. The van der Waals surface area contributed by atoms with E-state index in [4.69, 9.17) is 15.2 Å². The van der Waals surface area contributed by atoms with Crippen LogP contribution in [0.3, 0.4) is 0 Å². The fourth-order valence-electron chi connectivity index (χ4n) is 10.2. The highest BCUT2D eigenvalue weighted by molar-refractivity contribution is 6.23. The summed E-state index contributed by atoms with van der Waals surface area (Å²) < 4.78 is 12.5. The number of esters is 1. The maximum absolute atomic E-state index is 14.8. The molecular weight excluding hydrogens is 618 g/mol. The number of carbonyl (C=O) groups excluding carboxylic acids is 3. The third-order valence-corrected chi connectivity index (χ3v) is 12.9. The van der Waals surface area contributed by atoms with Gasteiger partial charge in [0.15, 0.2) is 17.2 Å². The fourth-order valence-corrected chi connectivity index (χ4v) is 10.2. The number of ether oxygens (including phenoxy) is 2. The lowest BCUT2D eigenvalue weighted by molar-refractivity contribution is -0.161. The van der Waals surface area contributed by atoms with Crippen LogP contribution in [0.15, 0.2) is 34.9 Å². The number of aliphatic hydroxyl groups is 1. The van der Waals surface area contributed by atoms with Gasteiger partial charge in [0.2, 0.25) is 0 Å². The zero-order chi connectivity index (χ0) is 34.9. The summed E-state index contributed by atoms with van der Waals surface area (Å²) in [6.45, 7) is 9.95. The quantitative estimate of drug-likeness (QED) is 0.0923. The maximum Gasteiger partial charge on any atom is 0.350 e. The number of hydrogen-bond donors (Lipinski definition) is 4. The van der Waals surface area contributed by atoms with Crippen LogP contribution < -0.4 is 16.4 Å². The number of likely N-dealkylation sites (N-methyl/N-ethyl adjacent to an activating group) is 1. The van der Waals surface area contributed by atoms with Crippen molar-refractivity contribution < 1.29 is 29.0 Å². The van der Waals surface area contributed by atoms with Gasteiger partial charge >= 0.3 is 5.97 Å². The van der Waals surface area contributed by atoms with E-state index in [2.05, 4.69) is 49.6 Å². The second kappa shape index (κ2) is 15.2. The summed E-state index contributed by atoms with van der Waals surface area (Å²) in [7, 11) is 0. The maximum atomic E-state index is 14.8. The predicted molar refractivity (Wildman–Crippen MR) is 189 cm³/mol. The molecule has 49 heavy (non-hydrogen) atoms. The average Bonchev–Trinajstić information content (AvgIpc) is 3.79. The Bertz CT molecular complexity index is 1350. The fraction of sp³-hybridized carbons (Fsp3) is 0.775. The molecule has 0 amide bonds. The van der Waals surface area contributed by atoms with Gasteiger partial charge in [0.05, 0.1) is 19.4 Å². The lowest BCUT2D eigenvalue weighted by atomic mass is 9.56. The summed E-state index contributed by atoms with van der Waals surface area (Å²) in [4.78, 5) is 44.0. The lowest BCUT2D eigenvalue weighted by Crippen LogP contribution is -2.60. The van der Waals surface area contributed by atoms with Crippen LogP contribution in [-0.2, 0) is 23.9 Å². The van der Waals surface area contributed by atoms with Crippen molar-refractivity contribution in [2.24, 2.45) is 47.2 Å². The molecule has 0 radical (unpaired) electrons. The van der Waals surface area contributed by atoms with Crippen LogP contribution in [0.2, 0.25) is 0 Å². The molecule has 0 aromatic heterocycles. The number of nitrogens with two attached hydrogens (primary N) is 1. The molecule has 10 atom stereocenters. The molecule has 0 bridgehead atoms. The van der Waals surface area contributed by atoms with Gasteiger partial charge in [0, 0.05) is 30.2 Å². The molecule has 9 nitrogen and oxygen atoms in total. The molecule has 0 aromatic rings. The van der Waals surface area contributed by atoms with Gasteiger partial charge in [-0.15, -0.1) is 0 Å². The Balaban J connectivity index is 1.27. The number of carbonyl (C=O) groups is 3. The largest absolute Gasteiger partial charge is 0.463 e. The summed E-state index contributed by atoms with van der Waals surface area (Å²) in [6, 6.07) is 0.0529. The molecule has 2 saturated carbocycles. The molecule has 9 heteroatoms. The number of allylic oxidation sites excluding steroid dienone is 4. The SMILES string of the molecule is CCNC1C=C2C=CCCC2CC1COC(=O)C12OC1(CC(CO)=C(C)CCC1CCNC(N)C1)C(=O)C1CCCC(CC(C)C)C1C2=O. The summed E-state index contributed by atoms with van der Waals surface area (Å²) >= 11 is 0. The Morgan fingerprint density at radius 2 is 1.98 bits per heavy atom. The molecule has 0 spiro atoms. The molecule has 6 rings (SSSR count). The minimum atomic E-state index is -1.95. The topological polar surface area (TPSA) is 143 Å². The van der Waals surface area contributed by atoms with Crippen LogP contribution >= 0.6 is 0 Å². The van der Waals surface area contributed by atoms with E-state index < -0.39 is 29.0 Å². The van der Waals surface area contributed by atoms with Crippen molar-refractivity contribution in [3.8, 4) is 0 Å². The highest BCUT2D eigenvalue weighted by Crippen LogP contribution is 2.63. The summed E-state index contributed by atoms with van der Waals surface area (Å²) in [5, 5.41) is 17.5. The number of fused-ring (bicyclic) bond motifs is 3. The Labute approximate surface area is 293 Å². The van der Waals surface area contributed by atoms with Crippen LogP contribution in [0.1, 0.15) is 105 Å². The molecule has 272 valence electrons. The minimum absolute atomic E-state index is 0.00113. The van der Waals surface area contributed by atoms with Crippen molar-refractivity contribution in [1.82, 2.24) is 10.6 Å². The molecule has 4 aliphatic carbocycles. The van der Waals surface area contributed by atoms with E-state index >= 15 is 0 Å². The Kier molecular flexibility index (Phi) is 11.4. The van der Waals surface area contributed by atoms with Gasteiger partial charge in [-0.25, -0.2) is 4.79 Å². The summed E-state index contributed by atoms with van der Waals surface area (Å²) in [6.07, 6.45) is 16.6. The van der Waals surface area contributed by atoms with Crippen LogP contribution in [0.4, 0.5) is 0 Å². The molecule has 10 unspecified atom stereocenters. The second-order valence-electron chi connectivity index (χ2n) is 16.5. The van der Waals surface area contributed by atoms with E-state index in [0.29, 0.717) is 29.7 Å². The van der Waals surface area contributed by atoms with Crippen LogP contribution in [0.5, 0.6) is 0 Å². The number of nitrogens with one attached hydrogen (secondary N) is 2. The minimum Gasteiger partial charge on any atom is -0.463 e. The molecule has 4 fully saturated rings. The highest BCUT2D eigenvalue weighted by atomic mass is 16.7. The first-order valence-electron chi connectivity index (χ1n) is 19.4. The third-order valence-electron chi connectivity index (χ3n) is 12.9. The van der Waals surface area contributed by atoms with Gasteiger partial charge in [0.1, 0.15) is 0 Å². The van der Waals surface area contributed by atoms with Crippen molar-refractivity contribution >= 4 is 17.5 Å². The zero-order valence-corrected chi connectivity index (χ0v) is 30.3. The van der Waals surface area contributed by atoms with E-state index in [-0.39, 0.29) is 55.2 Å². The highest BCUT2D eigenvalue weighted by Gasteiger charge is 2.87. The van der Waals surface area contributed by atoms with Gasteiger partial charge in [-0.1, -0.05) is 51.0 Å². The van der Waals surface area contributed by atoms with Crippen LogP contribution in [0.25, 0.3) is 0 Å². The Morgan fingerprint density at radius 1 is 1.16 bits per heavy atom. The molecule has 2 saturated heterocycles. The van der Waals surface area contributed by atoms with E-state index in [9.17, 15) is 19.5 Å². The Hall–Kier alpha value is -2.17. The molecule has 0 aromatic carbocycles. The van der Waals surface area contributed by atoms with Gasteiger partial charge in [-0.3, -0.25) is 9.59 Å². The molecular formula is C40H61N3O6. The smallest absolute Gasteiger partial charge is 0.350 e. The number of Topliss-reactive ketones (excluding diaryl/α,β-unsaturated/α-hetero) is 2. The van der Waals surface area contributed by atoms with Crippen LogP contribution in [-0.4, -0.2) is 72.4 Å². The molecule has 2 aliphatic heterocycles. The first kappa shape index (κ1) is 36.6. The average molecular weight is 680 g/mol. The number of piperidine rings is 1. The third kappa shape index (κ3) is 7.04. The van der Waals surface area contributed by atoms with Gasteiger partial charge in [-0.05, 0) is 119 Å². The monoisotopic (exact) mass is 679 g/mol. The Morgan fingerprint density at radius 3 is 2.71 bits per heavy atom.